The van der Waals surface area contributed by atoms with Gasteiger partial charge in [0.05, 0.1) is 27.7 Å². The highest BCUT2D eigenvalue weighted by Crippen LogP contribution is 2.38. The molecule has 81 heavy (non-hydrogen) atoms. The highest BCUT2D eigenvalue weighted by atomic mass is 31.2. The van der Waals surface area contributed by atoms with E-state index < -0.39 is 26.5 Å². The summed E-state index contributed by atoms with van der Waals surface area (Å²) in [4.78, 5) is 38.1. The number of unbranched alkanes of at least 4 members (excludes halogenated alkanes) is 49. The van der Waals surface area contributed by atoms with Gasteiger partial charge in [-0.3, -0.25) is 14.2 Å². The van der Waals surface area contributed by atoms with Crippen molar-refractivity contribution < 1.29 is 42.1 Å². The van der Waals surface area contributed by atoms with Gasteiger partial charge in [-0.15, -0.1) is 0 Å². The minimum atomic E-state index is -4.64. The van der Waals surface area contributed by atoms with Crippen LogP contribution >= 0.6 is 7.82 Å². The van der Waals surface area contributed by atoms with Gasteiger partial charge in [0.1, 0.15) is 19.8 Å². The Balaban J connectivity index is 3.99. The fourth-order valence-corrected chi connectivity index (χ4v) is 11.5. The van der Waals surface area contributed by atoms with Crippen molar-refractivity contribution in [2.24, 2.45) is 0 Å². The Kier molecular flexibility index (Phi) is 61.8. The van der Waals surface area contributed by atoms with Crippen molar-refractivity contribution in [1.29, 1.82) is 0 Å². The number of quaternary nitrogens is 1. The fourth-order valence-electron chi connectivity index (χ4n) is 10.8. The molecule has 0 amide bonds. The summed E-state index contributed by atoms with van der Waals surface area (Å²) in [5.74, 6) is -0.809. The second-order valence-corrected chi connectivity index (χ2v) is 27.0. The number of esters is 2. The summed E-state index contributed by atoms with van der Waals surface area (Å²) in [6.45, 7) is 4.31. The molecule has 0 aliphatic carbocycles. The molecule has 0 N–H and O–H groups in total. The van der Waals surface area contributed by atoms with E-state index in [1.165, 1.54) is 295 Å². The molecule has 480 valence electrons. The largest absolute Gasteiger partial charge is 0.756 e. The second-order valence-electron chi connectivity index (χ2n) is 25.6. The lowest BCUT2D eigenvalue weighted by Crippen LogP contribution is -2.37. The predicted molar refractivity (Wildman–Crippen MR) is 347 cm³/mol. The Hall–Kier alpha value is -1.51. The Bertz CT molecular complexity index is 1420. The molecule has 0 aliphatic rings. The summed E-state index contributed by atoms with van der Waals surface area (Å²) in [5, 5.41) is 0. The van der Waals surface area contributed by atoms with E-state index in [1.54, 1.807) is 0 Å². The lowest BCUT2D eigenvalue weighted by atomic mass is 10.0. The van der Waals surface area contributed by atoms with E-state index in [0.717, 1.165) is 38.5 Å². The number of likely N-dealkylation sites (N-methyl/N-ethyl adjacent to an activating group) is 1. The van der Waals surface area contributed by atoms with Crippen molar-refractivity contribution in [2.45, 2.75) is 373 Å². The summed E-state index contributed by atoms with van der Waals surface area (Å²) < 4.78 is 34.3. The smallest absolute Gasteiger partial charge is 0.306 e. The van der Waals surface area contributed by atoms with Crippen LogP contribution in [0.2, 0.25) is 0 Å². The summed E-state index contributed by atoms with van der Waals surface area (Å²) in [6.07, 6.45) is 78.4. The molecule has 0 spiro atoms. The third kappa shape index (κ3) is 67.5. The van der Waals surface area contributed by atoms with Crippen molar-refractivity contribution in [3.05, 3.63) is 24.3 Å². The first-order chi connectivity index (χ1) is 39.5. The third-order valence-electron chi connectivity index (χ3n) is 16.2. The maximum atomic E-state index is 12.9. The third-order valence-corrected chi connectivity index (χ3v) is 17.2. The topological polar surface area (TPSA) is 111 Å². The first-order valence-corrected chi connectivity index (χ1v) is 37.0. The molecule has 2 unspecified atom stereocenters. The van der Waals surface area contributed by atoms with Gasteiger partial charge in [0.15, 0.2) is 6.10 Å². The SMILES string of the molecule is CCCCCCC/C=C\C/C=C\CCCCCCCCCCCCCCCCCCCC(=O)OC(COC(=O)CCCCCCCCCCCCCCCCCCCCCCCCCCCCCC)COP(=O)([O-])OCC[N+](C)(C)C. The van der Waals surface area contributed by atoms with Crippen LogP contribution in [0.25, 0.3) is 0 Å². The zero-order valence-electron chi connectivity index (χ0n) is 54.8. The van der Waals surface area contributed by atoms with Crippen LogP contribution < -0.4 is 4.89 Å². The van der Waals surface area contributed by atoms with Gasteiger partial charge in [-0.05, 0) is 44.9 Å². The normalized spacial score (nSPS) is 13.2. The zero-order chi connectivity index (χ0) is 59.1. The number of phosphoric acid groups is 1. The van der Waals surface area contributed by atoms with E-state index in [2.05, 4.69) is 38.2 Å². The summed E-state index contributed by atoms with van der Waals surface area (Å²) in [6, 6.07) is 0. The number of hydrogen-bond acceptors (Lipinski definition) is 8. The average molecular weight is 1160 g/mol. The van der Waals surface area contributed by atoms with Crippen molar-refractivity contribution in [3.63, 3.8) is 0 Å². The standard InChI is InChI=1S/C71H138NO8P/c1-6-8-10-12-14-16-18-20-22-24-26-28-30-32-34-36-38-40-42-44-46-48-50-52-54-56-58-60-62-64-71(74)80-69(68-79-81(75,76)78-66-65-72(3,4)5)67-77-70(73)63-61-59-57-55-53-51-49-47-45-43-41-39-37-35-33-31-29-27-25-23-21-19-17-15-13-11-9-7-2/h18,20,24,26,69H,6-17,19,21-23,25,27-68H2,1-5H3/b20-18-,26-24-. The van der Waals surface area contributed by atoms with Crippen molar-refractivity contribution in [2.75, 3.05) is 47.5 Å². The van der Waals surface area contributed by atoms with E-state index in [9.17, 15) is 19.0 Å². The quantitative estimate of drug-likeness (QED) is 0.0195. The van der Waals surface area contributed by atoms with Gasteiger partial charge in [0, 0.05) is 12.8 Å². The molecule has 0 radical (unpaired) electrons. The van der Waals surface area contributed by atoms with Crippen LogP contribution in [0, 0.1) is 0 Å². The maximum absolute atomic E-state index is 12.9. The highest BCUT2D eigenvalue weighted by Gasteiger charge is 2.22. The first kappa shape index (κ1) is 79.5. The number of ether oxygens (including phenoxy) is 2. The molecular weight excluding hydrogens is 1030 g/mol. The number of carbonyl (C=O) groups is 2. The Labute approximate surface area is 504 Å². The lowest BCUT2D eigenvalue weighted by Gasteiger charge is -2.28. The van der Waals surface area contributed by atoms with E-state index in [4.69, 9.17) is 18.5 Å². The van der Waals surface area contributed by atoms with Crippen molar-refractivity contribution in [3.8, 4) is 0 Å². The van der Waals surface area contributed by atoms with E-state index in [1.807, 2.05) is 21.1 Å². The molecule has 0 heterocycles. The van der Waals surface area contributed by atoms with Crippen LogP contribution in [0.3, 0.4) is 0 Å². The van der Waals surface area contributed by atoms with Gasteiger partial charge in [-0.1, -0.05) is 334 Å². The Morgan fingerprint density at radius 2 is 0.667 bits per heavy atom. The van der Waals surface area contributed by atoms with Crippen LogP contribution in [-0.4, -0.2) is 70.0 Å². The number of nitrogens with zero attached hydrogens (tertiary/aromatic N) is 1. The number of phosphoric ester groups is 1. The molecule has 0 aromatic heterocycles. The van der Waals surface area contributed by atoms with Crippen molar-refractivity contribution >= 4 is 19.8 Å². The molecule has 0 aromatic rings. The average Bonchev–Trinajstić information content (AvgIpc) is 3.43. The van der Waals surface area contributed by atoms with Crippen molar-refractivity contribution in [1.82, 2.24) is 0 Å². The molecule has 0 fully saturated rings. The van der Waals surface area contributed by atoms with Gasteiger partial charge in [-0.25, -0.2) is 0 Å². The van der Waals surface area contributed by atoms with Crippen LogP contribution in [0.1, 0.15) is 367 Å². The number of carbonyl (C=O) groups excluding carboxylic acids is 2. The van der Waals surface area contributed by atoms with Gasteiger partial charge in [0.2, 0.25) is 0 Å². The van der Waals surface area contributed by atoms with Crippen LogP contribution in [0.4, 0.5) is 0 Å². The minimum absolute atomic E-state index is 0.0270. The van der Waals surface area contributed by atoms with Crippen LogP contribution in [-0.2, 0) is 32.7 Å². The van der Waals surface area contributed by atoms with E-state index in [0.29, 0.717) is 17.4 Å². The Morgan fingerprint density at radius 3 is 0.975 bits per heavy atom. The molecule has 0 aromatic carbocycles. The summed E-state index contributed by atoms with van der Waals surface area (Å²) >= 11 is 0. The van der Waals surface area contributed by atoms with Gasteiger partial charge in [-0.2, -0.15) is 0 Å². The monoisotopic (exact) mass is 1160 g/mol. The summed E-state index contributed by atoms with van der Waals surface area (Å²) in [7, 11) is 1.19. The molecule has 0 aliphatic heterocycles. The molecule has 0 bridgehead atoms. The Morgan fingerprint density at radius 1 is 0.383 bits per heavy atom. The number of rotatable bonds is 67. The van der Waals surface area contributed by atoms with E-state index >= 15 is 0 Å². The molecule has 0 saturated heterocycles. The molecule has 0 saturated carbocycles. The lowest BCUT2D eigenvalue weighted by molar-refractivity contribution is -0.870. The summed E-state index contributed by atoms with van der Waals surface area (Å²) in [5.41, 5.74) is 0. The van der Waals surface area contributed by atoms with Gasteiger partial charge < -0.3 is 27.9 Å². The highest BCUT2D eigenvalue weighted by molar-refractivity contribution is 7.45. The van der Waals surface area contributed by atoms with Gasteiger partial charge >= 0.3 is 11.9 Å². The first-order valence-electron chi connectivity index (χ1n) is 35.5. The maximum Gasteiger partial charge on any atom is 0.306 e. The number of allylic oxidation sites excluding steroid dienone is 4. The minimum Gasteiger partial charge on any atom is -0.756 e. The molecule has 9 nitrogen and oxygen atoms in total. The fraction of sp³-hybridized carbons (Fsp3) is 0.915. The zero-order valence-corrected chi connectivity index (χ0v) is 55.7. The van der Waals surface area contributed by atoms with Crippen LogP contribution in [0.15, 0.2) is 24.3 Å². The second kappa shape index (κ2) is 63.0. The number of hydrogen-bond donors (Lipinski definition) is 0. The predicted octanol–water partition coefficient (Wildman–Crippen LogP) is 22.3. The molecule has 0 rings (SSSR count). The molecular formula is C71H138NO8P. The van der Waals surface area contributed by atoms with E-state index in [-0.39, 0.29) is 32.0 Å². The van der Waals surface area contributed by atoms with Gasteiger partial charge in [0.25, 0.3) is 7.82 Å². The van der Waals surface area contributed by atoms with Crippen LogP contribution in [0.5, 0.6) is 0 Å². The molecule has 10 heteroatoms. The molecule has 2 atom stereocenters.